The number of amides is 1. The molecule has 1 amide bonds. The van der Waals surface area contributed by atoms with Crippen LogP contribution in [0.1, 0.15) is 17.3 Å². The number of rotatable bonds is 3. The third kappa shape index (κ3) is 5.34. The highest BCUT2D eigenvalue weighted by Crippen LogP contribution is 2.17. The van der Waals surface area contributed by atoms with Crippen LogP contribution in [-0.2, 0) is 0 Å². The van der Waals surface area contributed by atoms with E-state index in [0.717, 1.165) is 0 Å². The molecule has 9 heteroatoms. The van der Waals surface area contributed by atoms with Crippen LogP contribution in [0.15, 0.2) is 18.3 Å². The van der Waals surface area contributed by atoms with Gasteiger partial charge >= 0.3 is 6.18 Å². The zero-order valence-corrected chi connectivity index (χ0v) is 12.7. The third-order valence-corrected chi connectivity index (χ3v) is 3.02. The van der Waals surface area contributed by atoms with Crippen molar-refractivity contribution in [2.75, 3.05) is 26.2 Å². The number of hydrogen-bond donors (Lipinski definition) is 1. The molecule has 1 aliphatic rings. The molecule has 0 bridgehead atoms. The summed E-state index contributed by atoms with van der Waals surface area (Å²) in [7, 11) is 0. The van der Waals surface area contributed by atoms with Crippen molar-refractivity contribution in [1.29, 1.82) is 0 Å². The predicted octanol–water partition coefficient (Wildman–Crippen LogP) is 1.88. The van der Waals surface area contributed by atoms with Gasteiger partial charge in [-0.25, -0.2) is 4.98 Å². The van der Waals surface area contributed by atoms with Crippen LogP contribution in [0.25, 0.3) is 0 Å². The quantitative estimate of drug-likeness (QED) is 0.913. The van der Waals surface area contributed by atoms with Crippen molar-refractivity contribution in [3.8, 4) is 5.88 Å². The first kappa shape index (κ1) is 18.5. The summed E-state index contributed by atoms with van der Waals surface area (Å²) in [5, 5.41) is 3.22. The molecule has 1 aromatic rings. The van der Waals surface area contributed by atoms with E-state index in [1.165, 1.54) is 18.3 Å². The minimum Gasteiger partial charge on any atom is -0.468 e. The standard InChI is InChI=1S/C13H16F3N3O2.ClH/c1-9-7-19(5-4-17-9)12(20)10-2-3-11(18-6-10)21-8-13(14,15)16;/h2-3,6,9,17H,4-5,7-8H2,1H3;1H. The van der Waals surface area contributed by atoms with Gasteiger partial charge in [-0.1, -0.05) is 0 Å². The first-order valence-electron chi connectivity index (χ1n) is 6.53. The molecule has 0 aromatic carbocycles. The van der Waals surface area contributed by atoms with Gasteiger partial charge in [0.05, 0.1) is 5.56 Å². The molecule has 1 aromatic heterocycles. The molecular formula is C13H17ClF3N3O2. The first-order valence-corrected chi connectivity index (χ1v) is 6.53. The van der Waals surface area contributed by atoms with Crippen molar-refractivity contribution in [1.82, 2.24) is 15.2 Å². The summed E-state index contributed by atoms with van der Waals surface area (Å²) in [5.74, 6) is -0.337. The molecule has 5 nitrogen and oxygen atoms in total. The van der Waals surface area contributed by atoms with Gasteiger partial charge in [0.15, 0.2) is 6.61 Å². The summed E-state index contributed by atoms with van der Waals surface area (Å²) in [5.41, 5.74) is 0.337. The normalized spacial score (nSPS) is 18.5. The van der Waals surface area contributed by atoms with Gasteiger partial charge in [0.25, 0.3) is 5.91 Å². The van der Waals surface area contributed by atoms with Crippen LogP contribution >= 0.6 is 12.4 Å². The lowest BCUT2D eigenvalue weighted by molar-refractivity contribution is -0.154. The van der Waals surface area contributed by atoms with Crippen LogP contribution in [0.3, 0.4) is 0 Å². The predicted molar refractivity (Wildman–Crippen MR) is 76.4 cm³/mol. The molecule has 1 N–H and O–H groups in total. The Hall–Kier alpha value is -1.54. The van der Waals surface area contributed by atoms with E-state index in [0.29, 0.717) is 25.2 Å². The van der Waals surface area contributed by atoms with Gasteiger partial charge in [-0.15, -0.1) is 12.4 Å². The molecule has 22 heavy (non-hydrogen) atoms. The van der Waals surface area contributed by atoms with E-state index in [1.807, 2.05) is 6.92 Å². The van der Waals surface area contributed by atoms with Crippen LogP contribution in [0.4, 0.5) is 13.2 Å². The maximum atomic E-state index is 12.2. The van der Waals surface area contributed by atoms with Crippen molar-refractivity contribution < 1.29 is 22.7 Å². The molecule has 1 saturated heterocycles. The minimum atomic E-state index is -4.41. The maximum absolute atomic E-state index is 12.2. The fraction of sp³-hybridized carbons (Fsp3) is 0.538. The van der Waals surface area contributed by atoms with Crippen molar-refractivity contribution >= 4 is 18.3 Å². The second-order valence-electron chi connectivity index (χ2n) is 4.90. The van der Waals surface area contributed by atoms with Crippen LogP contribution in [0, 0.1) is 0 Å². The SMILES string of the molecule is CC1CN(C(=O)c2ccc(OCC(F)(F)F)nc2)CCN1.Cl. The highest BCUT2D eigenvalue weighted by Gasteiger charge is 2.28. The van der Waals surface area contributed by atoms with E-state index in [-0.39, 0.29) is 30.2 Å². The number of nitrogens with one attached hydrogen (secondary N) is 1. The van der Waals surface area contributed by atoms with E-state index in [1.54, 1.807) is 4.90 Å². The van der Waals surface area contributed by atoms with Gasteiger partial charge in [-0.2, -0.15) is 13.2 Å². The summed E-state index contributed by atoms with van der Waals surface area (Å²) in [4.78, 5) is 17.6. The molecule has 2 rings (SSSR count). The van der Waals surface area contributed by atoms with E-state index in [4.69, 9.17) is 0 Å². The largest absolute Gasteiger partial charge is 0.468 e. The lowest BCUT2D eigenvalue weighted by Gasteiger charge is -2.31. The van der Waals surface area contributed by atoms with Crippen molar-refractivity contribution in [3.63, 3.8) is 0 Å². The molecule has 0 saturated carbocycles. The average molecular weight is 340 g/mol. The summed E-state index contributed by atoms with van der Waals surface area (Å²) in [6, 6.07) is 2.91. The van der Waals surface area contributed by atoms with Crippen LogP contribution in [-0.4, -0.2) is 54.3 Å². The highest BCUT2D eigenvalue weighted by atomic mass is 35.5. The van der Waals surface area contributed by atoms with Crippen LogP contribution < -0.4 is 10.1 Å². The molecule has 1 fully saturated rings. The molecule has 0 spiro atoms. The number of carbonyl (C=O) groups is 1. The van der Waals surface area contributed by atoms with Gasteiger partial charge in [0.1, 0.15) is 0 Å². The lowest BCUT2D eigenvalue weighted by atomic mass is 10.2. The van der Waals surface area contributed by atoms with Crippen LogP contribution in [0.2, 0.25) is 0 Å². The summed E-state index contributed by atoms with van der Waals surface area (Å²) >= 11 is 0. The fourth-order valence-electron chi connectivity index (χ4n) is 2.05. The molecule has 1 unspecified atom stereocenters. The second-order valence-corrected chi connectivity index (χ2v) is 4.90. The van der Waals surface area contributed by atoms with E-state index >= 15 is 0 Å². The van der Waals surface area contributed by atoms with Gasteiger partial charge in [-0.3, -0.25) is 4.79 Å². The van der Waals surface area contributed by atoms with E-state index in [9.17, 15) is 18.0 Å². The Bertz CT molecular complexity index is 496. The van der Waals surface area contributed by atoms with Gasteiger partial charge in [0, 0.05) is 37.9 Å². The third-order valence-electron chi connectivity index (χ3n) is 3.02. The zero-order valence-electron chi connectivity index (χ0n) is 11.9. The summed E-state index contributed by atoms with van der Waals surface area (Å²) in [6.07, 6.45) is -3.17. The number of pyridine rings is 1. The lowest BCUT2D eigenvalue weighted by Crippen LogP contribution is -2.51. The number of hydrogen-bond acceptors (Lipinski definition) is 4. The summed E-state index contributed by atoms with van der Waals surface area (Å²) < 4.78 is 40.5. The Morgan fingerprint density at radius 3 is 2.77 bits per heavy atom. The molecule has 1 aliphatic heterocycles. The second kappa shape index (κ2) is 7.64. The Morgan fingerprint density at radius 2 is 2.23 bits per heavy atom. The smallest absolute Gasteiger partial charge is 0.422 e. The number of piperazine rings is 1. The van der Waals surface area contributed by atoms with E-state index < -0.39 is 12.8 Å². The van der Waals surface area contributed by atoms with Crippen molar-refractivity contribution in [2.24, 2.45) is 0 Å². The molecule has 2 heterocycles. The fourth-order valence-corrected chi connectivity index (χ4v) is 2.05. The first-order chi connectivity index (χ1) is 9.85. The number of aromatic nitrogens is 1. The number of nitrogens with zero attached hydrogens (tertiary/aromatic N) is 2. The van der Waals surface area contributed by atoms with Gasteiger partial charge < -0.3 is 15.0 Å². The van der Waals surface area contributed by atoms with Gasteiger partial charge in [0.2, 0.25) is 5.88 Å². The van der Waals surface area contributed by atoms with Gasteiger partial charge in [-0.05, 0) is 13.0 Å². The molecule has 0 aliphatic carbocycles. The molecule has 0 radical (unpaired) electrons. The minimum absolute atomic E-state index is 0. The average Bonchev–Trinajstić information content (AvgIpc) is 2.44. The monoisotopic (exact) mass is 339 g/mol. The number of halogens is 4. The molecule has 1 atom stereocenters. The van der Waals surface area contributed by atoms with E-state index in [2.05, 4.69) is 15.0 Å². The Kier molecular flexibility index (Phi) is 6.43. The zero-order chi connectivity index (χ0) is 15.5. The Balaban J connectivity index is 0.00000242. The number of alkyl halides is 3. The molecular weight excluding hydrogens is 323 g/mol. The van der Waals surface area contributed by atoms with Crippen molar-refractivity contribution in [2.45, 2.75) is 19.1 Å². The molecule has 124 valence electrons. The Labute approximate surface area is 132 Å². The highest BCUT2D eigenvalue weighted by molar-refractivity contribution is 5.94. The van der Waals surface area contributed by atoms with Crippen molar-refractivity contribution in [3.05, 3.63) is 23.9 Å². The van der Waals surface area contributed by atoms with Crippen LogP contribution in [0.5, 0.6) is 5.88 Å². The maximum Gasteiger partial charge on any atom is 0.422 e. The topological polar surface area (TPSA) is 54.5 Å². The number of carbonyl (C=O) groups excluding carboxylic acids is 1. The number of ether oxygens (including phenoxy) is 1. The Morgan fingerprint density at radius 1 is 1.50 bits per heavy atom. The summed E-state index contributed by atoms with van der Waals surface area (Å²) in [6.45, 7) is 2.47.